The largest absolute Gasteiger partial charge is 0.393 e. The molecule has 1 aromatic carbocycles. The number of halogens is 1. The highest BCUT2D eigenvalue weighted by atomic mass is 35.5. The van der Waals surface area contributed by atoms with Gasteiger partial charge in [0.05, 0.1) is 6.61 Å². The lowest BCUT2D eigenvalue weighted by molar-refractivity contribution is -0.123. The number of carbonyl (C=O) groups is 1. The third kappa shape index (κ3) is 3.60. The fourth-order valence-corrected chi connectivity index (χ4v) is 1.20. The number of nitroso groups, excluding NO2 is 1. The van der Waals surface area contributed by atoms with Crippen molar-refractivity contribution in [1.29, 1.82) is 0 Å². The molecular formula is C10H11ClN2O3. The summed E-state index contributed by atoms with van der Waals surface area (Å²) in [6, 6.07) is 5.66. The highest BCUT2D eigenvalue weighted by Gasteiger charge is 2.16. The third-order valence-corrected chi connectivity index (χ3v) is 2.23. The molecule has 0 bridgehead atoms. The molecule has 1 rings (SSSR count). The van der Waals surface area contributed by atoms with E-state index < -0.39 is 18.6 Å². The molecule has 6 heteroatoms. The number of amides is 1. The molecule has 1 aromatic rings. The lowest BCUT2D eigenvalue weighted by Gasteiger charge is -2.07. The van der Waals surface area contributed by atoms with Crippen molar-refractivity contribution in [3.8, 4) is 0 Å². The highest BCUT2D eigenvalue weighted by molar-refractivity contribution is 6.30. The first-order chi connectivity index (χ1) is 7.67. The van der Waals surface area contributed by atoms with E-state index in [2.05, 4.69) is 10.5 Å². The number of hydrogen-bond donors (Lipinski definition) is 2. The van der Waals surface area contributed by atoms with Crippen LogP contribution in [0.5, 0.6) is 0 Å². The van der Waals surface area contributed by atoms with Crippen LogP contribution in [0.15, 0.2) is 29.4 Å². The molecule has 1 amide bonds. The van der Waals surface area contributed by atoms with Crippen molar-refractivity contribution in [3.05, 3.63) is 39.8 Å². The quantitative estimate of drug-likeness (QED) is 0.759. The lowest BCUT2D eigenvalue weighted by Crippen LogP contribution is -2.35. The number of nitrogens with zero attached hydrogens (tertiary/aromatic N) is 1. The maximum absolute atomic E-state index is 11.3. The molecule has 0 spiro atoms. The van der Waals surface area contributed by atoms with Crippen LogP contribution in [0.25, 0.3) is 0 Å². The van der Waals surface area contributed by atoms with Crippen LogP contribution in [-0.2, 0) is 11.3 Å². The summed E-state index contributed by atoms with van der Waals surface area (Å²) in [7, 11) is 0. The Morgan fingerprint density at radius 1 is 1.44 bits per heavy atom. The smallest absolute Gasteiger partial charge is 0.251 e. The van der Waals surface area contributed by atoms with E-state index in [4.69, 9.17) is 16.7 Å². The third-order valence-electron chi connectivity index (χ3n) is 1.98. The van der Waals surface area contributed by atoms with Crippen molar-refractivity contribution >= 4 is 17.5 Å². The summed E-state index contributed by atoms with van der Waals surface area (Å²) in [5, 5.41) is 14.3. The first-order valence-electron chi connectivity index (χ1n) is 4.63. The predicted molar refractivity (Wildman–Crippen MR) is 60.0 cm³/mol. The number of hydrogen-bond acceptors (Lipinski definition) is 4. The number of aliphatic hydroxyl groups excluding tert-OH is 1. The molecule has 0 aliphatic carbocycles. The Labute approximate surface area is 97.4 Å². The highest BCUT2D eigenvalue weighted by Crippen LogP contribution is 2.09. The minimum Gasteiger partial charge on any atom is -0.393 e. The SMILES string of the molecule is O=NC(CO)C(=O)NCc1ccc(Cl)cc1. The van der Waals surface area contributed by atoms with Gasteiger partial charge in [-0.05, 0) is 17.7 Å². The molecule has 1 atom stereocenters. The molecule has 0 aliphatic rings. The fraction of sp³-hybridized carbons (Fsp3) is 0.300. The minimum absolute atomic E-state index is 0.266. The van der Waals surface area contributed by atoms with E-state index in [1.54, 1.807) is 24.3 Å². The second-order valence-electron chi connectivity index (χ2n) is 3.15. The van der Waals surface area contributed by atoms with E-state index in [0.29, 0.717) is 5.02 Å². The first kappa shape index (κ1) is 12.6. The Kier molecular flexibility index (Phi) is 4.88. The van der Waals surface area contributed by atoms with E-state index >= 15 is 0 Å². The summed E-state index contributed by atoms with van der Waals surface area (Å²) < 4.78 is 0. The number of nitrogens with one attached hydrogen (secondary N) is 1. The molecule has 16 heavy (non-hydrogen) atoms. The van der Waals surface area contributed by atoms with Crippen molar-refractivity contribution < 1.29 is 9.90 Å². The van der Waals surface area contributed by atoms with Gasteiger partial charge in [-0.1, -0.05) is 28.9 Å². The molecule has 0 aliphatic heterocycles. The molecule has 0 saturated carbocycles. The molecule has 0 heterocycles. The van der Waals surface area contributed by atoms with Gasteiger partial charge in [0.2, 0.25) is 0 Å². The van der Waals surface area contributed by atoms with Gasteiger partial charge in [0, 0.05) is 11.6 Å². The second kappa shape index (κ2) is 6.19. The summed E-state index contributed by atoms with van der Waals surface area (Å²) in [5.41, 5.74) is 0.848. The number of benzene rings is 1. The van der Waals surface area contributed by atoms with Gasteiger partial charge in [0.1, 0.15) is 0 Å². The van der Waals surface area contributed by atoms with Crippen LogP contribution >= 0.6 is 11.6 Å². The normalized spacial score (nSPS) is 11.9. The van der Waals surface area contributed by atoms with Crippen LogP contribution in [0, 0.1) is 4.91 Å². The summed E-state index contributed by atoms with van der Waals surface area (Å²) in [6.45, 7) is -0.321. The van der Waals surface area contributed by atoms with E-state index in [9.17, 15) is 9.70 Å². The molecule has 2 N–H and O–H groups in total. The van der Waals surface area contributed by atoms with E-state index in [1.165, 1.54) is 0 Å². The Balaban J connectivity index is 2.48. The summed E-state index contributed by atoms with van der Waals surface area (Å²) in [5.74, 6) is -0.590. The molecule has 0 radical (unpaired) electrons. The minimum atomic E-state index is -1.24. The molecular weight excluding hydrogens is 232 g/mol. The zero-order valence-corrected chi connectivity index (χ0v) is 9.15. The zero-order chi connectivity index (χ0) is 12.0. The molecule has 86 valence electrons. The van der Waals surface area contributed by atoms with Crippen LogP contribution in [0.1, 0.15) is 5.56 Å². The Bertz CT molecular complexity index is 367. The van der Waals surface area contributed by atoms with E-state index in [-0.39, 0.29) is 6.54 Å². The van der Waals surface area contributed by atoms with Crippen LogP contribution in [0.2, 0.25) is 5.02 Å². The molecule has 0 saturated heterocycles. The summed E-state index contributed by atoms with van der Waals surface area (Å²) in [6.07, 6.45) is 0. The van der Waals surface area contributed by atoms with Gasteiger partial charge in [-0.2, -0.15) is 0 Å². The van der Waals surface area contributed by atoms with Crippen molar-refractivity contribution in [2.75, 3.05) is 6.61 Å². The van der Waals surface area contributed by atoms with E-state index in [1.807, 2.05) is 0 Å². The summed E-state index contributed by atoms with van der Waals surface area (Å²) >= 11 is 5.69. The maximum atomic E-state index is 11.3. The van der Waals surface area contributed by atoms with Crippen molar-refractivity contribution in [2.24, 2.45) is 5.18 Å². The second-order valence-corrected chi connectivity index (χ2v) is 3.58. The predicted octanol–water partition coefficient (Wildman–Crippen LogP) is 1.08. The number of carbonyl (C=O) groups excluding carboxylic acids is 1. The van der Waals surface area contributed by atoms with Crippen LogP contribution in [0.4, 0.5) is 0 Å². The van der Waals surface area contributed by atoms with Gasteiger partial charge in [-0.15, -0.1) is 4.91 Å². The topological polar surface area (TPSA) is 78.8 Å². The Morgan fingerprint density at radius 3 is 2.56 bits per heavy atom. The van der Waals surface area contributed by atoms with Gasteiger partial charge in [-0.25, -0.2) is 0 Å². The average Bonchev–Trinajstić information content (AvgIpc) is 2.30. The summed E-state index contributed by atoms with van der Waals surface area (Å²) in [4.78, 5) is 21.4. The van der Waals surface area contributed by atoms with Crippen LogP contribution in [-0.4, -0.2) is 23.7 Å². The van der Waals surface area contributed by atoms with Gasteiger partial charge < -0.3 is 10.4 Å². The van der Waals surface area contributed by atoms with Gasteiger partial charge >= 0.3 is 0 Å². The number of aliphatic hydroxyl groups is 1. The van der Waals surface area contributed by atoms with Crippen LogP contribution < -0.4 is 5.32 Å². The lowest BCUT2D eigenvalue weighted by atomic mass is 10.2. The van der Waals surface area contributed by atoms with Crippen molar-refractivity contribution in [3.63, 3.8) is 0 Å². The molecule has 5 nitrogen and oxygen atoms in total. The fourth-order valence-electron chi connectivity index (χ4n) is 1.07. The molecule has 1 unspecified atom stereocenters. The Morgan fingerprint density at radius 2 is 2.06 bits per heavy atom. The van der Waals surface area contributed by atoms with Crippen LogP contribution in [0.3, 0.4) is 0 Å². The van der Waals surface area contributed by atoms with Crippen molar-refractivity contribution in [1.82, 2.24) is 5.32 Å². The molecule has 0 aromatic heterocycles. The van der Waals surface area contributed by atoms with Gasteiger partial charge in [-0.3, -0.25) is 4.79 Å². The van der Waals surface area contributed by atoms with Crippen molar-refractivity contribution in [2.45, 2.75) is 12.6 Å². The average molecular weight is 243 g/mol. The first-order valence-corrected chi connectivity index (χ1v) is 5.00. The maximum Gasteiger partial charge on any atom is 0.251 e. The standard InChI is InChI=1S/C10H11ClN2O3/c11-8-3-1-7(2-4-8)5-12-10(15)9(6-14)13-16/h1-4,9,14H,5-6H2,(H,12,15). The Hall–Kier alpha value is -1.46. The van der Waals surface area contributed by atoms with Gasteiger partial charge in [0.15, 0.2) is 6.04 Å². The number of rotatable bonds is 5. The zero-order valence-electron chi connectivity index (χ0n) is 8.39. The van der Waals surface area contributed by atoms with Gasteiger partial charge in [0.25, 0.3) is 5.91 Å². The monoisotopic (exact) mass is 242 g/mol. The van der Waals surface area contributed by atoms with E-state index in [0.717, 1.165) is 5.56 Å². The molecule has 0 fully saturated rings.